The average molecular weight is 385 g/mol. The number of carbonyl (C=O) groups excluding carboxylic acids is 2. The summed E-state index contributed by atoms with van der Waals surface area (Å²) in [6.07, 6.45) is 6.74. The highest BCUT2D eigenvalue weighted by Crippen LogP contribution is 2.28. The van der Waals surface area contributed by atoms with Crippen LogP contribution in [0.15, 0.2) is 42.7 Å². The first-order valence-corrected chi connectivity index (χ1v) is 9.65. The van der Waals surface area contributed by atoms with Crippen LogP contribution < -0.4 is 16.0 Å². The molecule has 3 N–H and O–H groups in total. The minimum Gasteiger partial charge on any atom is -0.381 e. The molecule has 1 fully saturated rings. The van der Waals surface area contributed by atoms with Gasteiger partial charge in [-0.2, -0.15) is 5.10 Å². The molecule has 0 spiro atoms. The average Bonchev–Trinajstić information content (AvgIpc) is 3.37. The predicted molar refractivity (Wildman–Crippen MR) is 106 cm³/mol. The Morgan fingerprint density at radius 2 is 2.11 bits per heavy atom. The molecule has 0 unspecified atom stereocenters. The van der Waals surface area contributed by atoms with E-state index < -0.39 is 0 Å². The Kier molecular flexibility index (Phi) is 7.43. The maximum Gasteiger partial charge on any atom is 0.315 e. The first kappa shape index (κ1) is 19.9. The number of aromatic nitrogens is 2. The minimum absolute atomic E-state index is 0.155. The molecule has 1 aromatic heterocycles. The summed E-state index contributed by atoms with van der Waals surface area (Å²) in [6.45, 7) is 2.65. The fourth-order valence-electron chi connectivity index (χ4n) is 2.66. The van der Waals surface area contributed by atoms with Crippen LogP contribution >= 0.6 is 0 Å². The molecule has 0 aliphatic heterocycles. The molecule has 1 aromatic carbocycles. The third-order valence-corrected chi connectivity index (χ3v) is 4.33. The number of urea groups is 1. The lowest BCUT2D eigenvalue weighted by molar-refractivity contribution is -0.116. The van der Waals surface area contributed by atoms with Crippen LogP contribution in [0, 0.1) is 5.92 Å². The Bertz CT molecular complexity index is 759. The summed E-state index contributed by atoms with van der Waals surface area (Å²) in [6, 6.07) is 8.95. The molecule has 3 amide bonds. The largest absolute Gasteiger partial charge is 0.381 e. The molecule has 0 radical (unpaired) electrons. The number of nitrogens with zero attached hydrogens (tertiary/aromatic N) is 2. The van der Waals surface area contributed by atoms with Gasteiger partial charge in [-0.1, -0.05) is 12.1 Å². The van der Waals surface area contributed by atoms with Gasteiger partial charge in [-0.25, -0.2) is 4.79 Å². The van der Waals surface area contributed by atoms with Crippen LogP contribution in [0.4, 0.5) is 10.5 Å². The topological polar surface area (TPSA) is 97.3 Å². The third-order valence-electron chi connectivity index (χ3n) is 4.33. The number of hydrogen-bond acceptors (Lipinski definition) is 4. The molecule has 0 saturated heterocycles. The van der Waals surface area contributed by atoms with Gasteiger partial charge in [0.1, 0.15) is 6.54 Å². The van der Waals surface area contributed by atoms with E-state index in [1.165, 1.54) is 12.8 Å². The number of ether oxygens (including phenoxy) is 1. The highest BCUT2D eigenvalue weighted by molar-refractivity contribution is 5.90. The number of amides is 3. The fraction of sp³-hybridized carbons (Fsp3) is 0.450. The minimum atomic E-state index is -0.213. The van der Waals surface area contributed by atoms with Crippen molar-refractivity contribution in [1.82, 2.24) is 20.4 Å². The first-order chi connectivity index (χ1) is 13.7. The maximum absolute atomic E-state index is 12.0. The van der Waals surface area contributed by atoms with Crippen LogP contribution in [0.1, 0.15) is 24.8 Å². The van der Waals surface area contributed by atoms with Crippen LogP contribution in [0.25, 0.3) is 0 Å². The molecular formula is C20H27N5O3. The van der Waals surface area contributed by atoms with E-state index in [2.05, 4.69) is 21.0 Å². The van der Waals surface area contributed by atoms with Gasteiger partial charge in [0.25, 0.3) is 0 Å². The van der Waals surface area contributed by atoms with Crippen LogP contribution in [0.2, 0.25) is 0 Å². The lowest BCUT2D eigenvalue weighted by Gasteiger charge is -2.10. The molecule has 3 rings (SSSR count). The SMILES string of the molecule is O=C(Cn1cccn1)Nc1cccc(CNC(=O)NCCCOCC2CC2)c1. The van der Waals surface area contributed by atoms with Crippen molar-refractivity contribution in [2.75, 3.05) is 25.1 Å². The smallest absolute Gasteiger partial charge is 0.315 e. The standard InChI is InChI=1S/C20H27N5O3/c26-19(14-25-10-2-9-23-25)24-18-5-1-4-17(12-18)13-22-20(27)21-8-3-11-28-15-16-6-7-16/h1-2,4-5,9-10,12,16H,3,6-8,11,13-15H2,(H,24,26)(H2,21,22,27). The quantitative estimate of drug-likeness (QED) is 0.516. The molecule has 0 bridgehead atoms. The van der Waals surface area contributed by atoms with E-state index in [0.717, 1.165) is 24.5 Å². The molecule has 150 valence electrons. The fourth-order valence-corrected chi connectivity index (χ4v) is 2.66. The summed E-state index contributed by atoms with van der Waals surface area (Å²) in [4.78, 5) is 23.9. The van der Waals surface area contributed by atoms with Crippen molar-refractivity contribution >= 4 is 17.6 Å². The summed E-state index contributed by atoms with van der Waals surface area (Å²) in [5.74, 6) is 0.609. The Balaban J connectivity index is 1.31. The zero-order chi connectivity index (χ0) is 19.6. The van der Waals surface area contributed by atoms with Gasteiger partial charge in [-0.3, -0.25) is 9.48 Å². The van der Waals surface area contributed by atoms with Gasteiger partial charge in [-0.05, 0) is 48.9 Å². The highest BCUT2D eigenvalue weighted by Gasteiger charge is 2.20. The van der Waals surface area contributed by atoms with Crippen molar-refractivity contribution in [3.63, 3.8) is 0 Å². The molecule has 2 aromatic rings. The molecule has 1 saturated carbocycles. The summed E-state index contributed by atoms with van der Waals surface area (Å²) >= 11 is 0. The summed E-state index contributed by atoms with van der Waals surface area (Å²) in [7, 11) is 0. The third kappa shape index (κ3) is 7.40. The number of nitrogens with one attached hydrogen (secondary N) is 3. The van der Waals surface area contributed by atoms with Gasteiger partial charge >= 0.3 is 6.03 Å². The van der Waals surface area contributed by atoms with Crippen molar-refractivity contribution in [3.8, 4) is 0 Å². The normalized spacial score (nSPS) is 13.1. The van der Waals surface area contributed by atoms with Crippen molar-refractivity contribution in [3.05, 3.63) is 48.3 Å². The second kappa shape index (κ2) is 10.5. The van der Waals surface area contributed by atoms with E-state index in [4.69, 9.17) is 4.74 Å². The summed E-state index contributed by atoms with van der Waals surface area (Å²) < 4.78 is 7.09. The van der Waals surface area contributed by atoms with E-state index in [-0.39, 0.29) is 18.5 Å². The Morgan fingerprint density at radius 3 is 2.89 bits per heavy atom. The molecule has 1 aliphatic carbocycles. The Labute approximate surface area is 164 Å². The number of benzene rings is 1. The van der Waals surface area contributed by atoms with Crippen LogP contribution in [-0.4, -0.2) is 41.5 Å². The lowest BCUT2D eigenvalue weighted by Crippen LogP contribution is -2.35. The number of anilines is 1. The molecule has 8 heteroatoms. The lowest BCUT2D eigenvalue weighted by atomic mass is 10.2. The second-order valence-electron chi connectivity index (χ2n) is 6.93. The summed E-state index contributed by atoms with van der Waals surface area (Å²) in [5, 5.41) is 12.5. The van der Waals surface area contributed by atoms with Crippen molar-refractivity contribution in [1.29, 1.82) is 0 Å². The number of hydrogen-bond donors (Lipinski definition) is 3. The number of rotatable bonds is 11. The molecule has 1 heterocycles. The number of carbonyl (C=O) groups is 2. The van der Waals surface area contributed by atoms with E-state index in [1.807, 2.05) is 24.3 Å². The van der Waals surface area contributed by atoms with E-state index in [0.29, 0.717) is 25.4 Å². The monoisotopic (exact) mass is 385 g/mol. The van der Waals surface area contributed by atoms with E-state index in [1.54, 1.807) is 23.1 Å². The van der Waals surface area contributed by atoms with Crippen LogP contribution in [0.3, 0.4) is 0 Å². The van der Waals surface area contributed by atoms with Crippen LogP contribution in [0.5, 0.6) is 0 Å². The molecule has 0 atom stereocenters. The predicted octanol–water partition coefficient (Wildman–Crippen LogP) is 2.14. The first-order valence-electron chi connectivity index (χ1n) is 9.65. The Hall–Kier alpha value is -2.87. The van der Waals surface area contributed by atoms with E-state index in [9.17, 15) is 9.59 Å². The van der Waals surface area contributed by atoms with Crippen molar-refractivity contribution in [2.24, 2.45) is 5.92 Å². The molecule has 8 nitrogen and oxygen atoms in total. The van der Waals surface area contributed by atoms with Crippen molar-refractivity contribution < 1.29 is 14.3 Å². The zero-order valence-electron chi connectivity index (χ0n) is 15.9. The van der Waals surface area contributed by atoms with E-state index >= 15 is 0 Å². The maximum atomic E-state index is 12.0. The van der Waals surface area contributed by atoms with Gasteiger partial charge in [0, 0.05) is 44.4 Å². The molecular weight excluding hydrogens is 358 g/mol. The molecule has 28 heavy (non-hydrogen) atoms. The van der Waals surface area contributed by atoms with Gasteiger partial charge in [0.05, 0.1) is 0 Å². The highest BCUT2D eigenvalue weighted by atomic mass is 16.5. The van der Waals surface area contributed by atoms with Gasteiger partial charge in [0.15, 0.2) is 0 Å². The second-order valence-corrected chi connectivity index (χ2v) is 6.93. The van der Waals surface area contributed by atoms with Crippen LogP contribution in [-0.2, 0) is 22.6 Å². The zero-order valence-corrected chi connectivity index (χ0v) is 15.9. The summed E-state index contributed by atoms with van der Waals surface area (Å²) in [5.41, 5.74) is 1.59. The molecule has 1 aliphatic rings. The van der Waals surface area contributed by atoms with Gasteiger partial charge in [-0.15, -0.1) is 0 Å². The van der Waals surface area contributed by atoms with Gasteiger partial charge < -0.3 is 20.7 Å². The van der Waals surface area contributed by atoms with Crippen molar-refractivity contribution in [2.45, 2.75) is 32.4 Å². The van der Waals surface area contributed by atoms with Gasteiger partial charge in [0.2, 0.25) is 5.91 Å². The Morgan fingerprint density at radius 1 is 1.21 bits per heavy atom.